The zero-order valence-corrected chi connectivity index (χ0v) is 16.1. The van der Waals surface area contributed by atoms with Crippen molar-refractivity contribution in [2.24, 2.45) is 0 Å². The zero-order valence-electron chi connectivity index (χ0n) is 16.1. The van der Waals surface area contributed by atoms with Crippen molar-refractivity contribution in [2.75, 3.05) is 12.4 Å². The van der Waals surface area contributed by atoms with Gasteiger partial charge in [-0.25, -0.2) is 0 Å². The molecular weight excluding hydrogens is 344 g/mol. The molecule has 0 saturated heterocycles. The van der Waals surface area contributed by atoms with Gasteiger partial charge in [0.05, 0.1) is 18.4 Å². The van der Waals surface area contributed by atoms with Crippen LogP contribution in [0.2, 0.25) is 0 Å². The van der Waals surface area contributed by atoms with E-state index in [1.54, 1.807) is 56.5 Å². The summed E-state index contributed by atoms with van der Waals surface area (Å²) in [5.41, 5.74) is 0.856. The number of hydrogen-bond acceptors (Lipinski definition) is 4. The van der Waals surface area contributed by atoms with E-state index in [4.69, 9.17) is 9.47 Å². The zero-order chi connectivity index (χ0) is 19.8. The van der Waals surface area contributed by atoms with Crippen molar-refractivity contribution in [3.8, 4) is 11.5 Å². The van der Waals surface area contributed by atoms with Gasteiger partial charge in [-0.1, -0.05) is 31.2 Å². The molecule has 144 valence electrons. The lowest BCUT2D eigenvalue weighted by Crippen LogP contribution is -2.34. The second-order valence-corrected chi connectivity index (χ2v) is 6.23. The predicted octanol–water partition coefficient (Wildman–Crippen LogP) is 3.63. The third-order valence-corrected chi connectivity index (χ3v) is 4.16. The summed E-state index contributed by atoms with van der Waals surface area (Å²) in [6.07, 6.45) is 0.0521. The molecule has 0 aliphatic carbocycles. The number of amides is 2. The third kappa shape index (κ3) is 5.48. The maximum absolute atomic E-state index is 12.6. The van der Waals surface area contributed by atoms with Crippen LogP contribution in [-0.4, -0.2) is 31.1 Å². The van der Waals surface area contributed by atoms with E-state index in [0.29, 0.717) is 22.7 Å². The number of hydrogen-bond donors (Lipinski definition) is 2. The number of rotatable bonds is 8. The van der Waals surface area contributed by atoms with Gasteiger partial charge in [-0.05, 0) is 44.5 Å². The van der Waals surface area contributed by atoms with Crippen molar-refractivity contribution < 1.29 is 19.1 Å². The average Bonchev–Trinajstić information content (AvgIpc) is 2.68. The number of nitrogens with one attached hydrogen (secondary N) is 2. The molecule has 0 bridgehead atoms. The molecule has 27 heavy (non-hydrogen) atoms. The Morgan fingerprint density at radius 2 is 1.63 bits per heavy atom. The van der Waals surface area contributed by atoms with Gasteiger partial charge in [-0.15, -0.1) is 0 Å². The second-order valence-electron chi connectivity index (χ2n) is 6.23. The molecular formula is C21H26N2O4. The van der Waals surface area contributed by atoms with Crippen molar-refractivity contribution in [3.63, 3.8) is 0 Å². The minimum absolute atomic E-state index is 0.0501. The Hall–Kier alpha value is -3.02. The lowest BCUT2D eigenvalue weighted by atomic mass is 10.1. The largest absolute Gasteiger partial charge is 0.493 e. The molecule has 0 aliphatic heterocycles. The maximum atomic E-state index is 12.6. The summed E-state index contributed by atoms with van der Waals surface area (Å²) in [4.78, 5) is 25.0. The number of ether oxygens (including phenoxy) is 2. The highest BCUT2D eigenvalue weighted by molar-refractivity contribution is 6.04. The van der Waals surface area contributed by atoms with E-state index in [-0.39, 0.29) is 17.9 Å². The highest BCUT2D eigenvalue weighted by atomic mass is 16.5. The number of carbonyl (C=O) groups excluding carboxylic acids is 2. The van der Waals surface area contributed by atoms with Crippen LogP contribution in [0.3, 0.4) is 0 Å². The van der Waals surface area contributed by atoms with Crippen molar-refractivity contribution in [3.05, 3.63) is 54.1 Å². The minimum Gasteiger partial charge on any atom is -0.493 e. The molecule has 2 aromatic rings. The minimum atomic E-state index is -0.771. The van der Waals surface area contributed by atoms with Gasteiger partial charge in [0.25, 0.3) is 11.8 Å². The van der Waals surface area contributed by atoms with E-state index in [9.17, 15) is 9.59 Å². The number of para-hydroxylation sites is 3. The lowest BCUT2D eigenvalue weighted by molar-refractivity contribution is -0.122. The maximum Gasteiger partial charge on any atom is 0.265 e. The van der Waals surface area contributed by atoms with Crippen LogP contribution in [0.5, 0.6) is 11.5 Å². The van der Waals surface area contributed by atoms with Gasteiger partial charge in [0.2, 0.25) is 0 Å². The van der Waals surface area contributed by atoms with Crippen LogP contribution >= 0.6 is 0 Å². The fourth-order valence-corrected chi connectivity index (χ4v) is 2.39. The van der Waals surface area contributed by atoms with Crippen LogP contribution in [0.1, 0.15) is 37.6 Å². The second kappa shape index (κ2) is 9.62. The van der Waals surface area contributed by atoms with Gasteiger partial charge in [-0.3, -0.25) is 9.59 Å². The molecule has 0 heterocycles. The third-order valence-electron chi connectivity index (χ3n) is 4.16. The SMILES string of the molecule is CC[C@H](C)NC(=O)c1ccccc1NC(=O)[C@H](C)Oc1ccccc1OC. The summed E-state index contributed by atoms with van der Waals surface area (Å²) >= 11 is 0. The Morgan fingerprint density at radius 1 is 1.00 bits per heavy atom. The fraction of sp³-hybridized carbons (Fsp3) is 0.333. The van der Waals surface area contributed by atoms with Crippen molar-refractivity contribution >= 4 is 17.5 Å². The van der Waals surface area contributed by atoms with Crippen LogP contribution in [0.4, 0.5) is 5.69 Å². The Bertz CT molecular complexity index is 791. The van der Waals surface area contributed by atoms with Crippen LogP contribution in [0.15, 0.2) is 48.5 Å². The standard InChI is InChI=1S/C21H26N2O4/c1-5-14(2)22-21(25)16-10-6-7-11-17(16)23-20(24)15(3)27-19-13-9-8-12-18(19)26-4/h6-15H,5H2,1-4H3,(H,22,25)(H,23,24)/t14-,15-/m0/s1. The van der Waals surface area contributed by atoms with Gasteiger partial charge in [0.15, 0.2) is 17.6 Å². The average molecular weight is 370 g/mol. The van der Waals surface area contributed by atoms with Gasteiger partial charge in [-0.2, -0.15) is 0 Å². The fourth-order valence-electron chi connectivity index (χ4n) is 2.39. The Balaban J connectivity index is 2.10. The van der Waals surface area contributed by atoms with E-state index in [0.717, 1.165) is 6.42 Å². The van der Waals surface area contributed by atoms with E-state index in [2.05, 4.69) is 10.6 Å². The molecule has 2 N–H and O–H groups in total. The van der Waals surface area contributed by atoms with Crippen LogP contribution in [0, 0.1) is 0 Å². The van der Waals surface area contributed by atoms with E-state index in [1.165, 1.54) is 0 Å². The summed E-state index contributed by atoms with van der Waals surface area (Å²) < 4.78 is 10.9. The molecule has 2 amide bonds. The number of carbonyl (C=O) groups is 2. The van der Waals surface area contributed by atoms with Crippen LogP contribution in [0.25, 0.3) is 0 Å². The topological polar surface area (TPSA) is 76.7 Å². The quantitative estimate of drug-likeness (QED) is 0.744. The van der Waals surface area contributed by atoms with Crippen LogP contribution in [-0.2, 0) is 4.79 Å². The van der Waals surface area contributed by atoms with Gasteiger partial charge < -0.3 is 20.1 Å². The summed E-state index contributed by atoms with van der Waals surface area (Å²) in [5, 5.41) is 5.68. The molecule has 0 aromatic heterocycles. The smallest absolute Gasteiger partial charge is 0.265 e. The monoisotopic (exact) mass is 370 g/mol. The Kier molecular flexibility index (Phi) is 7.23. The highest BCUT2D eigenvalue weighted by Gasteiger charge is 2.20. The van der Waals surface area contributed by atoms with Gasteiger partial charge in [0.1, 0.15) is 0 Å². The first-order valence-electron chi connectivity index (χ1n) is 8.96. The van der Waals surface area contributed by atoms with E-state index in [1.807, 2.05) is 19.9 Å². The van der Waals surface area contributed by atoms with Gasteiger partial charge >= 0.3 is 0 Å². The molecule has 2 atom stereocenters. The van der Waals surface area contributed by atoms with Gasteiger partial charge in [0, 0.05) is 6.04 Å². The van der Waals surface area contributed by atoms with E-state index >= 15 is 0 Å². The summed E-state index contributed by atoms with van der Waals surface area (Å²) in [5.74, 6) is 0.444. The van der Waals surface area contributed by atoms with Crippen molar-refractivity contribution in [2.45, 2.75) is 39.3 Å². The molecule has 2 aromatic carbocycles. The number of methoxy groups -OCH3 is 1. The molecule has 6 heteroatoms. The molecule has 0 aliphatic rings. The molecule has 0 unspecified atom stereocenters. The first-order valence-corrected chi connectivity index (χ1v) is 8.96. The molecule has 2 rings (SSSR count). The van der Waals surface area contributed by atoms with Crippen molar-refractivity contribution in [1.29, 1.82) is 0 Å². The first kappa shape index (κ1) is 20.3. The summed E-state index contributed by atoms with van der Waals surface area (Å²) in [7, 11) is 1.54. The molecule has 0 fully saturated rings. The highest BCUT2D eigenvalue weighted by Crippen LogP contribution is 2.27. The predicted molar refractivity (Wildman–Crippen MR) is 105 cm³/mol. The molecule has 6 nitrogen and oxygen atoms in total. The first-order chi connectivity index (χ1) is 13.0. The molecule has 0 spiro atoms. The Labute approximate surface area is 159 Å². The van der Waals surface area contributed by atoms with Crippen molar-refractivity contribution in [1.82, 2.24) is 5.32 Å². The Morgan fingerprint density at radius 3 is 2.30 bits per heavy atom. The summed E-state index contributed by atoms with van der Waals surface area (Å²) in [6.45, 7) is 5.57. The number of anilines is 1. The van der Waals surface area contributed by atoms with E-state index < -0.39 is 6.10 Å². The molecule has 0 radical (unpaired) electrons. The van der Waals surface area contributed by atoms with Crippen LogP contribution < -0.4 is 20.1 Å². The number of benzene rings is 2. The lowest BCUT2D eigenvalue weighted by Gasteiger charge is -2.18. The normalized spacial score (nSPS) is 12.6. The summed E-state index contributed by atoms with van der Waals surface area (Å²) in [6, 6.07) is 14.1. The molecule has 0 saturated carbocycles.